The number of aliphatic imine (C=N–C) groups is 1. The van der Waals surface area contributed by atoms with Crippen LogP contribution in [0.15, 0.2) is 47.5 Å². The fourth-order valence-electron chi connectivity index (χ4n) is 2.93. The van der Waals surface area contributed by atoms with Crippen LogP contribution >= 0.6 is 0 Å². The summed E-state index contributed by atoms with van der Waals surface area (Å²) in [4.78, 5) is 7.11. The van der Waals surface area contributed by atoms with Crippen LogP contribution in [0.25, 0.3) is 0 Å². The minimum atomic E-state index is 0.300. The Hall–Kier alpha value is -1.81. The van der Waals surface area contributed by atoms with Crippen molar-refractivity contribution in [2.24, 2.45) is 16.6 Å². The predicted octanol–water partition coefficient (Wildman–Crippen LogP) is 2.94. The minimum absolute atomic E-state index is 0.300. The molecule has 1 aromatic carbocycles. The highest BCUT2D eigenvalue weighted by Crippen LogP contribution is 2.26. The Morgan fingerprint density at radius 1 is 1.35 bits per heavy atom. The molecule has 0 saturated carbocycles. The third-order valence-corrected chi connectivity index (χ3v) is 4.45. The molecule has 0 aromatic heterocycles. The second-order valence-electron chi connectivity index (χ2n) is 6.68. The Morgan fingerprint density at radius 2 is 2.00 bits per heavy atom. The third-order valence-electron chi connectivity index (χ3n) is 4.45. The fourth-order valence-corrected chi connectivity index (χ4v) is 2.93. The van der Waals surface area contributed by atoms with Gasteiger partial charge in [0.15, 0.2) is 5.96 Å². The molecule has 0 amide bonds. The van der Waals surface area contributed by atoms with Gasteiger partial charge < -0.3 is 11.1 Å². The van der Waals surface area contributed by atoms with Gasteiger partial charge in [0.2, 0.25) is 0 Å². The molecule has 1 atom stereocenters. The van der Waals surface area contributed by atoms with Crippen molar-refractivity contribution < 1.29 is 0 Å². The Labute approximate surface area is 140 Å². The average molecular weight is 314 g/mol. The lowest BCUT2D eigenvalue weighted by Gasteiger charge is -2.36. The first-order valence-electron chi connectivity index (χ1n) is 8.53. The molecule has 1 aliphatic heterocycles. The van der Waals surface area contributed by atoms with E-state index in [4.69, 9.17) is 5.73 Å². The molecule has 1 aliphatic rings. The van der Waals surface area contributed by atoms with Gasteiger partial charge in [0.25, 0.3) is 0 Å². The van der Waals surface area contributed by atoms with Crippen molar-refractivity contribution in [3.05, 3.63) is 48.0 Å². The van der Waals surface area contributed by atoms with Crippen LogP contribution in [0.3, 0.4) is 0 Å². The first-order valence-corrected chi connectivity index (χ1v) is 8.53. The van der Waals surface area contributed by atoms with Crippen LogP contribution in [-0.2, 0) is 0 Å². The summed E-state index contributed by atoms with van der Waals surface area (Å²) < 4.78 is 0. The van der Waals surface area contributed by atoms with Gasteiger partial charge in [-0.15, -0.1) is 0 Å². The maximum atomic E-state index is 5.98. The van der Waals surface area contributed by atoms with Gasteiger partial charge in [-0.25, -0.2) is 0 Å². The van der Waals surface area contributed by atoms with Crippen LogP contribution in [0, 0.1) is 5.92 Å². The zero-order valence-corrected chi connectivity index (χ0v) is 14.5. The third kappa shape index (κ3) is 5.71. The van der Waals surface area contributed by atoms with Gasteiger partial charge in [0, 0.05) is 6.54 Å². The van der Waals surface area contributed by atoms with Crippen LogP contribution in [0.1, 0.15) is 38.3 Å². The molecular formula is C19H30N4. The summed E-state index contributed by atoms with van der Waals surface area (Å²) in [5.41, 5.74) is 8.35. The second-order valence-corrected chi connectivity index (χ2v) is 6.68. The zero-order chi connectivity index (χ0) is 16.7. The van der Waals surface area contributed by atoms with E-state index in [1.165, 1.54) is 18.4 Å². The lowest BCUT2D eigenvalue weighted by Crippen LogP contribution is -2.39. The van der Waals surface area contributed by atoms with Crippen LogP contribution < -0.4 is 11.1 Å². The summed E-state index contributed by atoms with van der Waals surface area (Å²) in [6.45, 7) is 11.8. The van der Waals surface area contributed by atoms with Gasteiger partial charge >= 0.3 is 0 Å². The standard InChI is InChI=1S/C19H30N4/c1-15(2)13-21-19(20)22-14-18(17-7-5-4-6-8-17)23-11-9-16(3)10-12-23/h4-8,16,18H,1,9-14H2,2-3H3,(H3,20,21,22). The van der Waals surface area contributed by atoms with Gasteiger partial charge in [-0.1, -0.05) is 49.4 Å². The molecule has 0 radical (unpaired) electrons. The Kier molecular flexibility index (Phi) is 6.66. The van der Waals surface area contributed by atoms with Crippen molar-refractivity contribution >= 4 is 5.96 Å². The van der Waals surface area contributed by atoms with Crippen molar-refractivity contribution in [1.82, 2.24) is 10.2 Å². The highest BCUT2D eigenvalue weighted by Gasteiger charge is 2.24. The molecule has 4 heteroatoms. The Morgan fingerprint density at radius 3 is 2.61 bits per heavy atom. The van der Waals surface area contributed by atoms with E-state index in [0.29, 0.717) is 25.1 Å². The average Bonchev–Trinajstić information content (AvgIpc) is 2.55. The molecule has 1 saturated heterocycles. The summed E-state index contributed by atoms with van der Waals surface area (Å²) in [6, 6.07) is 10.9. The molecule has 0 aliphatic carbocycles. The van der Waals surface area contributed by atoms with E-state index in [1.54, 1.807) is 0 Å². The highest BCUT2D eigenvalue weighted by molar-refractivity contribution is 5.78. The lowest BCUT2D eigenvalue weighted by molar-refractivity contribution is 0.141. The molecule has 23 heavy (non-hydrogen) atoms. The number of benzene rings is 1. The molecule has 2 rings (SSSR count). The summed E-state index contributed by atoms with van der Waals surface area (Å²) in [6.07, 6.45) is 2.52. The number of nitrogens with two attached hydrogens (primary N) is 1. The summed E-state index contributed by atoms with van der Waals surface area (Å²) in [5.74, 6) is 1.33. The van der Waals surface area contributed by atoms with Gasteiger partial charge in [-0.2, -0.15) is 0 Å². The van der Waals surface area contributed by atoms with Crippen LogP contribution in [0.4, 0.5) is 0 Å². The molecule has 0 spiro atoms. The predicted molar refractivity (Wildman–Crippen MR) is 98.5 cm³/mol. The molecule has 126 valence electrons. The first-order chi connectivity index (χ1) is 11.1. The molecule has 1 fully saturated rings. The van der Waals surface area contributed by atoms with Crippen molar-refractivity contribution in [3.8, 4) is 0 Å². The van der Waals surface area contributed by atoms with Gasteiger partial charge in [-0.3, -0.25) is 9.89 Å². The molecule has 4 nitrogen and oxygen atoms in total. The Bertz CT molecular complexity index is 515. The number of hydrogen-bond donors (Lipinski definition) is 2. The van der Waals surface area contributed by atoms with E-state index in [1.807, 2.05) is 6.92 Å². The van der Waals surface area contributed by atoms with E-state index < -0.39 is 0 Å². The number of likely N-dealkylation sites (tertiary alicyclic amines) is 1. The minimum Gasteiger partial charge on any atom is -0.370 e. The van der Waals surface area contributed by atoms with Crippen LogP contribution in [0.2, 0.25) is 0 Å². The lowest BCUT2D eigenvalue weighted by atomic mass is 9.96. The topological polar surface area (TPSA) is 53.6 Å². The van der Waals surface area contributed by atoms with E-state index in [2.05, 4.69) is 59.0 Å². The number of nitrogens with zero attached hydrogens (tertiary/aromatic N) is 2. The van der Waals surface area contributed by atoms with Gasteiger partial charge in [0.1, 0.15) is 0 Å². The van der Waals surface area contributed by atoms with E-state index in [9.17, 15) is 0 Å². The molecule has 3 N–H and O–H groups in total. The number of rotatable bonds is 6. The van der Waals surface area contributed by atoms with E-state index >= 15 is 0 Å². The van der Waals surface area contributed by atoms with Crippen LogP contribution in [0.5, 0.6) is 0 Å². The van der Waals surface area contributed by atoms with Crippen molar-refractivity contribution in [2.45, 2.75) is 32.7 Å². The number of guanidine groups is 1. The molecule has 0 bridgehead atoms. The van der Waals surface area contributed by atoms with Crippen molar-refractivity contribution in [1.29, 1.82) is 0 Å². The van der Waals surface area contributed by atoms with E-state index in [0.717, 1.165) is 24.6 Å². The summed E-state index contributed by atoms with van der Waals surface area (Å²) in [7, 11) is 0. The highest BCUT2D eigenvalue weighted by atomic mass is 15.2. The fraction of sp³-hybridized carbons (Fsp3) is 0.526. The maximum absolute atomic E-state index is 5.98. The monoisotopic (exact) mass is 314 g/mol. The van der Waals surface area contributed by atoms with Crippen LogP contribution in [-0.4, -0.2) is 37.0 Å². The summed E-state index contributed by atoms with van der Waals surface area (Å²) in [5, 5.41) is 3.11. The first kappa shape index (κ1) is 17.5. The Balaban J connectivity index is 2.05. The quantitative estimate of drug-likeness (QED) is 0.482. The number of nitrogens with one attached hydrogen (secondary N) is 1. The number of hydrogen-bond acceptors (Lipinski definition) is 2. The maximum Gasteiger partial charge on any atom is 0.188 e. The largest absolute Gasteiger partial charge is 0.370 e. The molecule has 1 heterocycles. The van der Waals surface area contributed by atoms with Gasteiger partial charge in [0.05, 0.1) is 12.6 Å². The van der Waals surface area contributed by atoms with Crippen molar-refractivity contribution in [3.63, 3.8) is 0 Å². The second kappa shape index (κ2) is 8.73. The zero-order valence-electron chi connectivity index (χ0n) is 14.5. The molecule has 1 aromatic rings. The summed E-state index contributed by atoms with van der Waals surface area (Å²) >= 11 is 0. The van der Waals surface area contributed by atoms with E-state index in [-0.39, 0.29) is 0 Å². The number of piperidine rings is 1. The van der Waals surface area contributed by atoms with Crippen molar-refractivity contribution in [2.75, 3.05) is 26.2 Å². The molecular weight excluding hydrogens is 284 g/mol. The van der Waals surface area contributed by atoms with Gasteiger partial charge in [-0.05, 0) is 44.3 Å². The smallest absolute Gasteiger partial charge is 0.188 e. The SMILES string of the molecule is C=C(C)CNC(N)=NCC(c1ccccc1)N1CCC(C)CC1. The molecule has 1 unspecified atom stereocenters. The normalized spacial score (nSPS) is 18.6.